The molecule has 1 aliphatic carbocycles. The Morgan fingerprint density at radius 2 is 1.90 bits per heavy atom. The minimum absolute atomic E-state index is 0.0686. The molecule has 1 saturated heterocycles. The number of ether oxygens (including phenoxy) is 1. The highest BCUT2D eigenvalue weighted by Crippen LogP contribution is 2.37. The summed E-state index contributed by atoms with van der Waals surface area (Å²) < 4.78 is 7.63. The molecule has 6 nitrogen and oxygen atoms in total. The van der Waals surface area contributed by atoms with E-state index in [4.69, 9.17) is 4.74 Å². The highest BCUT2D eigenvalue weighted by atomic mass is 16.5. The third-order valence-corrected chi connectivity index (χ3v) is 5.89. The maximum atomic E-state index is 12.8. The van der Waals surface area contributed by atoms with Gasteiger partial charge in [-0.25, -0.2) is 4.98 Å². The van der Waals surface area contributed by atoms with Crippen molar-refractivity contribution in [3.8, 4) is 0 Å². The van der Waals surface area contributed by atoms with Gasteiger partial charge in [0.05, 0.1) is 36.6 Å². The predicted molar refractivity (Wildman–Crippen MR) is 113 cm³/mol. The van der Waals surface area contributed by atoms with Gasteiger partial charge in [0.1, 0.15) is 0 Å². The molecule has 0 radical (unpaired) electrons. The molecule has 150 valence electrons. The van der Waals surface area contributed by atoms with Crippen molar-refractivity contribution in [2.75, 3.05) is 31.2 Å². The van der Waals surface area contributed by atoms with Crippen LogP contribution in [0.2, 0.25) is 0 Å². The topological polar surface area (TPSA) is 59.4 Å². The van der Waals surface area contributed by atoms with E-state index >= 15 is 0 Å². The van der Waals surface area contributed by atoms with Crippen molar-refractivity contribution in [2.45, 2.75) is 31.8 Å². The fourth-order valence-corrected chi connectivity index (χ4v) is 3.98. The number of hydrogen-bond acceptors (Lipinski definition) is 4. The average molecular weight is 390 g/mol. The number of amides is 1. The summed E-state index contributed by atoms with van der Waals surface area (Å²) in [7, 11) is 0. The second-order valence-electron chi connectivity index (χ2n) is 7.97. The van der Waals surface area contributed by atoms with Gasteiger partial charge in [-0.15, -0.1) is 0 Å². The van der Waals surface area contributed by atoms with Crippen molar-refractivity contribution in [1.29, 1.82) is 0 Å². The molecule has 1 atom stereocenters. The van der Waals surface area contributed by atoms with Crippen molar-refractivity contribution in [3.63, 3.8) is 0 Å². The van der Waals surface area contributed by atoms with Gasteiger partial charge in [-0.05, 0) is 55.7 Å². The first-order valence-electron chi connectivity index (χ1n) is 10.4. The van der Waals surface area contributed by atoms with Crippen molar-refractivity contribution < 1.29 is 9.53 Å². The standard InChI is InChI=1S/C23H26N4O2/c1-16(17-2-5-19(6-3-17)26-10-12-29-13-11-26)25-23(28)18-4-9-22-21(14-18)24-15-27(22)20-7-8-20/h2-6,9,14-16,20H,7-8,10-13H2,1H3,(H,25,28)/t16-/m0/s1. The molecule has 6 heteroatoms. The summed E-state index contributed by atoms with van der Waals surface area (Å²) in [5, 5.41) is 3.11. The summed E-state index contributed by atoms with van der Waals surface area (Å²) in [5.74, 6) is -0.0716. The highest BCUT2D eigenvalue weighted by molar-refractivity contribution is 5.97. The fourth-order valence-electron chi connectivity index (χ4n) is 3.98. The second kappa shape index (κ2) is 7.52. The van der Waals surface area contributed by atoms with E-state index < -0.39 is 0 Å². The number of nitrogens with one attached hydrogen (secondary N) is 1. The van der Waals surface area contributed by atoms with Crippen molar-refractivity contribution >= 4 is 22.6 Å². The molecule has 1 aliphatic heterocycles. The number of nitrogens with zero attached hydrogens (tertiary/aromatic N) is 3. The number of fused-ring (bicyclic) bond motifs is 1. The first-order chi connectivity index (χ1) is 14.2. The summed E-state index contributed by atoms with van der Waals surface area (Å²) >= 11 is 0. The van der Waals surface area contributed by atoms with Crippen LogP contribution in [0.25, 0.3) is 11.0 Å². The van der Waals surface area contributed by atoms with Gasteiger partial charge in [0.15, 0.2) is 0 Å². The van der Waals surface area contributed by atoms with Crippen LogP contribution in [0, 0.1) is 0 Å². The molecule has 0 bridgehead atoms. The van der Waals surface area contributed by atoms with E-state index in [1.54, 1.807) is 0 Å². The van der Waals surface area contributed by atoms with Crippen LogP contribution in [0.1, 0.15) is 47.8 Å². The first kappa shape index (κ1) is 18.2. The Kier molecular flexibility index (Phi) is 4.72. The van der Waals surface area contributed by atoms with E-state index in [2.05, 4.69) is 44.0 Å². The van der Waals surface area contributed by atoms with Crippen LogP contribution in [0.3, 0.4) is 0 Å². The Morgan fingerprint density at radius 1 is 1.14 bits per heavy atom. The third kappa shape index (κ3) is 3.72. The van der Waals surface area contributed by atoms with E-state index in [-0.39, 0.29) is 11.9 Å². The normalized spacial score (nSPS) is 18.0. The monoisotopic (exact) mass is 390 g/mol. The largest absolute Gasteiger partial charge is 0.378 e. The maximum absolute atomic E-state index is 12.8. The molecular formula is C23H26N4O2. The van der Waals surface area contributed by atoms with E-state index in [1.807, 2.05) is 31.5 Å². The highest BCUT2D eigenvalue weighted by Gasteiger charge is 2.25. The molecule has 29 heavy (non-hydrogen) atoms. The number of imidazole rings is 1. The number of morpholine rings is 1. The van der Waals surface area contributed by atoms with Gasteiger partial charge >= 0.3 is 0 Å². The molecule has 1 N–H and O–H groups in total. The zero-order valence-electron chi connectivity index (χ0n) is 16.7. The maximum Gasteiger partial charge on any atom is 0.251 e. The predicted octanol–water partition coefficient (Wildman–Crippen LogP) is 3.70. The summed E-state index contributed by atoms with van der Waals surface area (Å²) in [5.41, 5.74) is 4.93. The van der Waals surface area contributed by atoms with E-state index in [1.165, 1.54) is 18.5 Å². The molecule has 2 aromatic carbocycles. The Morgan fingerprint density at radius 3 is 2.62 bits per heavy atom. The van der Waals surface area contributed by atoms with Gasteiger partial charge in [0, 0.05) is 30.4 Å². The number of carbonyl (C=O) groups is 1. The summed E-state index contributed by atoms with van der Waals surface area (Å²) in [4.78, 5) is 19.6. The molecule has 2 aliphatic rings. The molecule has 1 aromatic heterocycles. The summed E-state index contributed by atoms with van der Waals surface area (Å²) in [6.45, 7) is 5.41. The smallest absolute Gasteiger partial charge is 0.251 e. The number of anilines is 1. The fraction of sp³-hybridized carbons (Fsp3) is 0.391. The molecular weight excluding hydrogens is 364 g/mol. The molecule has 0 unspecified atom stereocenters. The molecule has 3 aromatic rings. The van der Waals surface area contributed by atoms with Crippen molar-refractivity contribution in [3.05, 3.63) is 59.9 Å². The summed E-state index contributed by atoms with van der Waals surface area (Å²) in [6, 6.07) is 14.7. The molecule has 2 heterocycles. The van der Waals surface area contributed by atoms with Gasteiger partial charge in [-0.3, -0.25) is 4.79 Å². The molecule has 1 amide bonds. The van der Waals surface area contributed by atoms with Crippen LogP contribution in [0.5, 0.6) is 0 Å². The first-order valence-corrected chi connectivity index (χ1v) is 10.4. The Bertz CT molecular complexity index is 1020. The van der Waals surface area contributed by atoms with Crippen LogP contribution in [0.4, 0.5) is 5.69 Å². The number of hydrogen-bond donors (Lipinski definition) is 1. The lowest BCUT2D eigenvalue weighted by molar-refractivity contribution is 0.0940. The lowest BCUT2D eigenvalue weighted by Crippen LogP contribution is -2.36. The van der Waals surface area contributed by atoms with Crippen molar-refractivity contribution in [1.82, 2.24) is 14.9 Å². The molecule has 2 fully saturated rings. The summed E-state index contributed by atoms with van der Waals surface area (Å²) in [6.07, 6.45) is 4.33. The third-order valence-electron chi connectivity index (χ3n) is 5.89. The van der Waals surface area contributed by atoms with Crippen LogP contribution < -0.4 is 10.2 Å². The Labute approximate surface area is 170 Å². The van der Waals surface area contributed by atoms with Gasteiger partial charge in [0.2, 0.25) is 0 Å². The van der Waals surface area contributed by atoms with Gasteiger partial charge in [0.25, 0.3) is 5.91 Å². The van der Waals surface area contributed by atoms with Gasteiger partial charge in [-0.2, -0.15) is 0 Å². The number of carbonyl (C=O) groups excluding carboxylic acids is 1. The van der Waals surface area contributed by atoms with Gasteiger partial charge in [-0.1, -0.05) is 12.1 Å². The number of benzene rings is 2. The van der Waals surface area contributed by atoms with Crippen molar-refractivity contribution in [2.24, 2.45) is 0 Å². The average Bonchev–Trinajstić information content (AvgIpc) is 3.53. The SMILES string of the molecule is C[C@H](NC(=O)c1ccc2c(c1)ncn2C1CC1)c1ccc(N2CCOCC2)cc1. The lowest BCUT2D eigenvalue weighted by Gasteiger charge is -2.29. The minimum Gasteiger partial charge on any atom is -0.378 e. The lowest BCUT2D eigenvalue weighted by atomic mass is 10.1. The minimum atomic E-state index is -0.0716. The van der Waals surface area contributed by atoms with Gasteiger partial charge < -0.3 is 19.5 Å². The Balaban J connectivity index is 1.26. The quantitative estimate of drug-likeness (QED) is 0.722. The second-order valence-corrected chi connectivity index (χ2v) is 7.97. The van der Waals surface area contributed by atoms with E-state index in [0.29, 0.717) is 11.6 Å². The molecule has 1 saturated carbocycles. The number of rotatable bonds is 5. The zero-order chi connectivity index (χ0) is 19.8. The molecule has 5 rings (SSSR count). The zero-order valence-corrected chi connectivity index (χ0v) is 16.7. The van der Waals surface area contributed by atoms with Crippen LogP contribution in [0.15, 0.2) is 48.8 Å². The van der Waals surface area contributed by atoms with E-state index in [0.717, 1.165) is 42.9 Å². The Hall–Kier alpha value is -2.86. The van der Waals surface area contributed by atoms with Crippen LogP contribution in [-0.4, -0.2) is 41.8 Å². The number of aromatic nitrogens is 2. The van der Waals surface area contributed by atoms with Crippen LogP contribution in [-0.2, 0) is 4.74 Å². The molecule has 0 spiro atoms. The van der Waals surface area contributed by atoms with E-state index in [9.17, 15) is 4.79 Å². The van der Waals surface area contributed by atoms with Crippen LogP contribution >= 0.6 is 0 Å².